The lowest BCUT2D eigenvalue weighted by atomic mass is 9.89. The lowest BCUT2D eigenvalue weighted by molar-refractivity contribution is 0.0786. The number of aromatic nitrogens is 2. The molecule has 1 amide bonds. The molecule has 150 valence electrons. The smallest absolute Gasteiger partial charge is 0.253 e. The minimum atomic E-state index is 0.0806. The first kappa shape index (κ1) is 19.4. The molecule has 5 heteroatoms. The van der Waals surface area contributed by atoms with Gasteiger partial charge in [-0.05, 0) is 55.6 Å². The predicted molar refractivity (Wildman–Crippen MR) is 115 cm³/mol. The Balaban J connectivity index is 1.52. The number of carbonyl (C=O) groups excluding carboxylic acids is 1. The Morgan fingerprint density at radius 1 is 1.07 bits per heavy atom. The van der Waals surface area contributed by atoms with Crippen LogP contribution in [0.2, 0.25) is 0 Å². The maximum atomic E-state index is 13.2. The standard InChI is InChI=1S/C24H28N4O/c1-17-11-18(2)28(26-17)14-19-7-6-10-21(12-19)24(29)27-15-22(13-25)23(16-27)20-8-4-3-5-9-20/h3-12,22-23H,13-16,25H2,1-2H3/t22-,23+/m1/s1. The van der Waals surface area contributed by atoms with E-state index >= 15 is 0 Å². The fourth-order valence-electron chi connectivity index (χ4n) is 4.35. The molecule has 5 nitrogen and oxygen atoms in total. The second-order valence-electron chi connectivity index (χ2n) is 8.01. The van der Waals surface area contributed by atoms with Crippen LogP contribution in [0, 0.1) is 19.8 Å². The van der Waals surface area contributed by atoms with Gasteiger partial charge in [0.25, 0.3) is 5.91 Å². The molecule has 2 heterocycles. The lowest BCUT2D eigenvalue weighted by Crippen LogP contribution is -2.29. The van der Waals surface area contributed by atoms with Crippen molar-refractivity contribution in [3.63, 3.8) is 0 Å². The third-order valence-electron chi connectivity index (χ3n) is 5.87. The zero-order valence-electron chi connectivity index (χ0n) is 17.1. The predicted octanol–water partition coefficient (Wildman–Crippen LogP) is 3.36. The number of aryl methyl sites for hydroxylation is 2. The fraction of sp³-hybridized carbons (Fsp3) is 0.333. The molecule has 0 unspecified atom stereocenters. The number of nitrogens with zero attached hydrogens (tertiary/aromatic N) is 3. The Kier molecular flexibility index (Phi) is 5.49. The zero-order chi connectivity index (χ0) is 20.4. The van der Waals surface area contributed by atoms with Crippen molar-refractivity contribution >= 4 is 5.91 Å². The van der Waals surface area contributed by atoms with Crippen LogP contribution in [0.25, 0.3) is 0 Å². The molecule has 29 heavy (non-hydrogen) atoms. The highest BCUT2D eigenvalue weighted by Gasteiger charge is 2.35. The summed E-state index contributed by atoms with van der Waals surface area (Å²) in [4.78, 5) is 15.2. The molecule has 3 aromatic rings. The number of likely N-dealkylation sites (tertiary alicyclic amines) is 1. The van der Waals surface area contributed by atoms with Gasteiger partial charge in [0.05, 0.1) is 12.2 Å². The summed E-state index contributed by atoms with van der Waals surface area (Å²) in [6, 6.07) is 20.4. The average Bonchev–Trinajstić information content (AvgIpc) is 3.31. The molecule has 0 spiro atoms. The molecule has 2 atom stereocenters. The molecular formula is C24H28N4O. The molecule has 4 rings (SSSR count). The summed E-state index contributed by atoms with van der Waals surface area (Å²) in [7, 11) is 0. The molecule has 0 saturated carbocycles. The van der Waals surface area contributed by atoms with Crippen LogP contribution in [-0.4, -0.2) is 40.2 Å². The first-order valence-corrected chi connectivity index (χ1v) is 10.2. The van der Waals surface area contributed by atoms with Gasteiger partial charge in [-0.25, -0.2) is 0 Å². The number of rotatable bonds is 5. The van der Waals surface area contributed by atoms with E-state index in [-0.39, 0.29) is 5.91 Å². The van der Waals surface area contributed by atoms with Crippen LogP contribution in [0.1, 0.15) is 38.8 Å². The van der Waals surface area contributed by atoms with E-state index in [9.17, 15) is 4.79 Å². The molecule has 0 radical (unpaired) electrons. The van der Waals surface area contributed by atoms with Crippen molar-refractivity contribution in [2.75, 3.05) is 19.6 Å². The summed E-state index contributed by atoms with van der Waals surface area (Å²) in [5.41, 5.74) is 11.2. The topological polar surface area (TPSA) is 64.2 Å². The first-order chi connectivity index (χ1) is 14.0. The van der Waals surface area contributed by atoms with E-state index in [4.69, 9.17) is 5.73 Å². The van der Waals surface area contributed by atoms with Crippen LogP contribution < -0.4 is 5.73 Å². The molecule has 1 fully saturated rings. The SMILES string of the molecule is Cc1cc(C)n(Cc2cccc(C(=O)N3C[C@@H](CN)[C@H](c4ccccc4)C3)c2)n1. The van der Waals surface area contributed by atoms with Crippen molar-refractivity contribution in [3.05, 3.63) is 88.7 Å². The second kappa shape index (κ2) is 8.21. The van der Waals surface area contributed by atoms with E-state index < -0.39 is 0 Å². The highest BCUT2D eigenvalue weighted by molar-refractivity contribution is 5.94. The summed E-state index contributed by atoms with van der Waals surface area (Å²) in [6.07, 6.45) is 0. The van der Waals surface area contributed by atoms with E-state index in [1.54, 1.807) is 0 Å². The summed E-state index contributed by atoms with van der Waals surface area (Å²) < 4.78 is 1.98. The van der Waals surface area contributed by atoms with E-state index in [0.29, 0.717) is 38.0 Å². The van der Waals surface area contributed by atoms with Crippen molar-refractivity contribution < 1.29 is 4.79 Å². The Morgan fingerprint density at radius 3 is 2.55 bits per heavy atom. The highest BCUT2D eigenvalue weighted by atomic mass is 16.2. The Bertz CT molecular complexity index is 995. The Hall–Kier alpha value is -2.92. The number of benzene rings is 2. The van der Waals surface area contributed by atoms with E-state index in [0.717, 1.165) is 22.5 Å². The van der Waals surface area contributed by atoms with Crippen molar-refractivity contribution in [1.29, 1.82) is 0 Å². The van der Waals surface area contributed by atoms with Crippen molar-refractivity contribution in [1.82, 2.24) is 14.7 Å². The molecule has 1 aliphatic heterocycles. The van der Waals surface area contributed by atoms with Gasteiger partial charge >= 0.3 is 0 Å². The van der Waals surface area contributed by atoms with Crippen molar-refractivity contribution in [2.45, 2.75) is 26.3 Å². The van der Waals surface area contributed by atoms with Crippen LogP contribution >= 0.6 is 0 Å². The second-order valence-corrected chi connectivity index (χ2v) is 8.01. The fourth-order valence-corrected chi connectivity index (χ4v) is 4.35. The first-order valence-electron chi connectivity index (χ1n) is 10.2. The monoisotopic (exact) mass is 388 g/mol. The third kappa shape index (κ3) is 4.10. The maximum Gasteiger partial charge on any atom is 0.253 e. The maximum absolute atomic E-state index is 13.2. The molecular weight excluding hydrogens is 360 g/mol. The highest BCUT2D eigenvalue weighted by Crippen LogP contribution is 2.32. The average molecular weight is 389 g/mol. The van der Waals surface area contributed by atoms with Gasteiger partial charge in [0.1, 0.15) is 0 Å². The molecule has 2 aromatic carbocycles. The van der Waals surface area contributed by atoms with E-state index in [2.05, 4.69) is 42.4 Å². The minimum absolute atomic E-state index is 0.0806. The largest absolute Gasteiger partial charge is 0.338 e. The lowest BCUT2D eigenvalue weighted by Gasteiger charge is -2.17. The van der Waals surface area contributed by atoms with Gasteiger partial charge in [-0.2, -0.15) is 5.10 Å². The summed E-state index contributed by atoms with van der Waals surface area (Å²) in [5, 5.41) is 4.53. The number of hydrogen-bond donors (Lipinski definition) is 1. The van der Waals surface area contributed by atoms with Crippen LogP contribution in [0.15, 0.2) is 60.7 Å². The zero-order valence-corrected chi connectivity index (χ0v) is 17.1. The van der Waals surface area contributed by atoms with Crippen LogP contribution in [0.4, 0.5) is 0 Å². The number of amides is 1. The number of hydrogen-bond acceptors (Lipinski definition) is 3. The van der Waals surface area contributed by atoms with Gasteiger partial charge in [0.15, 0.2) is 0 Å². The van der Waals surface area contributed by atoms with Gasteiger partial charge < -0.3 is 10.6 Å². The van der Waals surface area contributed by atoms with Crippen LogP contribution in [-0.2, 0) is 6.54 Å². The quantitative estimate of drug-likeness (QED) is 0.729. The summed E-state index contributed by atoms with van der Waals surface area (Å²) in [6.45, 7) is 6.72. The summed E-state index contributed by atoms with van der Waals surface area (Å²) >= 11 is 0. The minimum Gasteiger partial charge on any atom is -0.338 e. The number of nitrogens with two attached hydrogens (primary N) is 1. The normalized spacial score (nSPS) is 18.9. The number of carbonyl (C=O) groups is 1. The Morgan fingerprint density at radius 2 is 1.86 bits per heavy atom. The van der Waals surface area contributed by atoms with Gasteiger partial charge in [0, 0.05) is 30.3 Å². The van der Waals surface area contributed by atoms with Gasteiger partial charge in [0.2, 0.25) is 0 Å². The van der Waals surface area contributed by atoms with E-state index in [1.165, 1.54) is 5.56 Å². The Labute approximate surface area is 172 Å². The molecule has 1 aliphatic rings. The van der Waals surface area contributed by atoms with Crippen LogP contribution in [0.3, 0.4) is 0 Å². The summed E-state index contributed by atoms with van der Waals surface area (Å²) in [5.74, 6) is 0.666. The van der Waals surface area contributed by atoms with Crippen molar-refractivity contribution in [2.24, 2.45) is 11.7 Å². The van der Waals surface area contributed by atoms with Crippen LogP contribution in [0.5, 0.6) is 0 Å². The van der Waals surface area contributed by atoms with Crippen molar-refractivity contribution in [3.8, 4) is 0 Å². The van der Waals surface area contributed by atoms with Gasteiger partial charge in [-0.3, -0.25) is 9.48 Å². The third-order valence-corrected chi connectivity index (χ3v) is 5.87. The molecule has 2 N–H and O–H groups in total. The molecule has 0 bridgehead atoms. The van der Waals surface area contributed by atoms with E-state index in [1.807, 2.05) is 46.8 Å². The molecule has 1 saturated heterocycles. The molecule has 0 aliphatic carbocycles. The molecule has 1 aromatic heterocycles. The van der Waals surface area contributed by atoms with Gasteiger partial charge in [-0.1, -0.05) is 42.5 Å². The van der Waals surface area contributed by atoms with Gasteiger partial charge in [-0.15, -0.1) is 0 Å².